The van der Waals surface area contributed by atoms with E-state index in [1.807, 2.05) is 0 Å². The first-order valence-electron chi connectivity index (χ1n) is 3.75. The van der Waals surface area contributed by atoms with Crippen LogP contribution >= 0.6 is 0 Å². The van der Waals surface area contributed by atoms with Crippen molar-refractivity contribution < 1.29 is 4.39 Å². The third-order valence-corrected chi connectivity index (χ3v) is 1.82. The van der Waals surface area contributed by atoms with Gasteiger partial charge in [0, 0.05) is 11.1 Å². The average Bonchev–Trinajstić information content (AvgIpc) is 2.08. The molecular formula is C9H7FN2O. The molecule has 3 N–H and O–H groups in total. The lowest BCUT2D eigenvalue weighted by Crippen LogP contribution is -2.09. The van der Waals surface area contributed by atoms with Crippen LogP contribution in [0.3, 0.4) is 0 Å². The molecule has 0 atom stereocenters. The van der Waals surface area contributed by atoms with Gasteiger partial charge in [-0.3, -0.25) is 4.79 Å². The molecule has 13 heavy (non-hydrogen) atoms. The summed E-state index contributed by atoms with van der Waals surface area (Å²) in [6, 6.07) is 6.09. The molecule has 0 saturated carbocycles. The van der Waals surface area contributed by atoms with Gasteiger partial charge in [-0.2, -0.15) is 0 Å². The van der Waals surface area contributed by atoms with Crippen LogP contribution in [0, 0.1) is 5.82 Å². The highest BCUT2D eigenvalue weighted by atomic mass is 19.1. The van der Waals surface area contributed by atoms with Crippen LogP contribution in [0.2, 0.25) is 0 Å². The van der Waals surface area contributed by atoms with E-state index in [1.165, 1.54) is 6.07 Å². The molecule has 1 aromatic carbocycles. The van der Waals surface area contributed by atoms with Gasteiger partial charge >= 0.3 is 0 Å². The number of aromatic amines is 1. The molecule has 66 valence electrons. The third kappa shape index (κ3) is 1.26. The molecule has 0 aliphatic heterocycles. The third-order valence-electron chi connectivity index (χ3n) is 1.82. The van der Waals surface area contributed by atoms with Crippen LogP contribution in [0.1, 0.15) is 0 Å². The lowest BCUT2D eigenvalue weighted by molar-refractivity contribution is 0.612. The van der Waals surface area contributed by atoms with Gasteiger partial charge in [-0.25, -0.2) is 4.39 Å². The Morgan fingerprint density at radius 2 is 2.08 bits per heavy atom. The second-order valence-corrected chi connectivity index (χ2v) is 2.79. The van der Waals surface area contributed by atoms with E-state index in [0.717, 1.165) is 0 Å². The average molecular weight is 178 g/mol. The van der Waals surface area contributed by atoms with Crippen LogP contribution < -0.4 is 11.3 Å². The summed E-state index contributed by atoms with van der Waals surface area (Å²) in [6.07, 6.45) is 0. The Balaban J connectivity index is 2.89. The summed E-state index contributed by atoms with van der Waals surface area (Å²) in [4.78, 5) is 13.3. The number of hydrogen-bond acceptors (Lipinski definition) is 2. The highest BCUT2D eigenvalue weighted by Crippen LogP contribution is 2.13. The maximum atomic E-state index is 12.8. The number of nitrogen functional groups attached to an aromatic ring is 1. The molecule has 0 aliphatic rings. The van der Waals surface area contributed by atoms with E-state index in [2.05, 4.69) is 4.98 Å². The van der Waals surface area contributed by atoms with E-state index < -0.39 is 11.4 Å². The minimum absolute atomic E-state index is 0.537. The van der Waals surface area contributed by atoms with Gasteiger partial charge in [0.15, 0.2) is 5.82 Å². The van der Waals surface area contributed by atoms with Gasteiger partial charge in [-0.15, -0.1) is 0 Å². The minimum Gasteiger partial charge on any atom is -0.399 e. The zero-order chi connectivity index (χ0) is 9.42. The molecule has 1 aromatic heterocycles. The second-order valence-electron chi connectivity index (χ2n) is 2.79. The summed E-state index contributed by atoms with van der Waals surface area (Å²) in [6.45, 7) is 0. The second kappa shape index (κ2) is 2.58. The Bertz CT molecular complexity index is 518. The first-order valence-corrected chi connectivity index (χ1v) is 3.75. The molecule has 2 aromatic rings. The maximum Gasteiger partial charge on any atom is 0.284 e. The number of nitrogens with two attached hydrogens (primary N) is 1. The molecule has 1 heterocycles. The van der Waals surface area contributed by atoms with E-state index in [-0.39, 0.29) is 0 Å². The highest BCUT2D eigenvalue weighted by Gasteiger charge is 2.00. The molecule has 0 amide bonds. The van der Waals surface area contributed by atoms with E-state index in [9.17, 15) is 9.18 Å². The summed E-state index contributed by atoms with van der Waals surface area (Å²) in [5.74, 6) is -0.780. The number of nitrogens with one attached hydrogen (secondary N) is 1. The molecule has 0 aliphatic carbocycles. The number of aromatic nitrogens is 1. The lowest BCUT2D eigenvalue weighted by Gasteiger charge is -1.98. The molecule has 0 spiro atoms. The number of anilines is 1. The van der Waals surface area contributed by atoms with Crippen molar-refractivity contribution in [2.24, 2.45) is 0 Å². The summed E-state index contributed by atoms with van der Waals surface area (Å²) in [7, 11) is 0. The number of halogens is 1. The highest BCUT2D eigenvalue weighted by molar-refractivity contribution is 5.81. The standard InChI is InChI=1S/C9H7FN2O/c10-7-3-5-1-2-6(11)4-8(5)12-9(7)13/h1-4H,11H2,(H,12,13). The Labute approximate surface area is 73.0 Å². The van der Waals surface area contributed by atoms with E-state index in [4.69, 9.17) is 5.73 Å². The van der Waals surface area contributed by atoms with Crippen LogP contribution in [0.15, 0.2) is 29.1 Å². The van der Waals surface area contributed by atoms with Crippen molar-refractivity contribution in [3.63, 3.8) is 0 Å². The molecule has 0 saturated heterocycles. The van der Waals surface area contributed by atoms with Crippen molar-refractivity contribution in [1.82, 2.24) is 4.98 Å². The van der Waals surface area contributed by atoms with Gasteiger partial charge in [-0.1, -0.05) is 6.07 Å². The molecule has 0 bridgehead atoms. The van der Waals surface area contributed by atoms with Crippen molar-refractivity contribution in [3.05, 3.63) is 40.4 Å². The van der Waals surface area contributed by atoms with Crippen LogP contribution in [0.5, 0.6) is 0 Å². The number of rotatable bonds is 0. The summed E-state index contributed by atoms with van der Waals surface area (Å²) in [5.41, 5.74) is 5.86. The minimum atomic E-state index is -0.780. The molecule has 0 fully saturated rings. The van der Waals surface area contributed by atoms with Crippen molar-refractivity contribution in [3.8, 4) is 0 Å². The predicted octanol–water partition coefficient (Wildman–Crippen LogP) is 1.25. The molecule has 0 unspecified atom stereocenters. The quantitative estimate of drug-likeness (QED) is 0.596. The van der Waals surface area contributed by atoms with Gasteiger partial charge in [0.05, 0.1) is 5.52 Å². The Hall–Kier alpha value is -1.84. The van der Waals surface area contributed by atoms with Gasteiger partial charge in [0.25, 0.3) is 5.56 Å². The number of benzene rings is 1. The molecule has 0 radical (unpaired) electrons. The maximum absolute atomic E-state index is 12.8. The summed E-state index contributed by atoms with van der Waals surface area (Å²) in [5, 5.41) is 0.631. The fraction of sp³-hybridized carbons (Fsp3) is 0. The van der Waals surface area contributed by atoms with Crippen molar-refractivity contribution in [1.29, 1.82) is 0 Å². The number of hydrogen-bond donors (Lipinski definition) is 2. The Morgan fingerprint density at radius 3 is 2.85 bits per heavy atom. The van der Waals surface area contributed by atoms with Crippen molar-refractivity contribution in [2.75, 3.05) is 5.73 Å². The first-order chi connectivity index (χ1) is 6.16. The van der Waals surface area contributed by atoms with Crippen molar-refractivity contribution in [2.45, 2.75) is 0 Å². The zero-order valence-corrected chi connectivity index (χ0v) is 6.67. The Kier molecular flexibility index (Phi) is 1.55. The largest absolute Gasteiger partial charge is 0.399 e. The van der Waals surface area contributed by atoms with Crippen LogP contribution in [-0.2, 0) is 0 Å². The van der Waals surface area contributed by atoms with Gasteiger partial charge in [0.2, 0.25) is 0 Å². The van der Waals surface area contributed by atoms with E-state index in [0.29, 0.717) is 16.6 Å². The number of fused-ring (bicyclic) bond motifs is 1. The molecular weight excluding hydrogens is 171 g/mol. The number of pyridine rings is 1. The van der Waals surface area contributed by atoms with E-state index in [1.54, 1.807) is 18.2 Å². The topological polar surface area (TPSA) is 58.9 Å². The first kappa shape index (κ1) is 7.79. The molecule has 2 rings (SSSR count). The van der Waals surface area contributed by atoms with Crippen molar-refractivity contribution >= 4 is 16.6 Å². The van der Waals surface area contributed by atoms with Gasteiger partial charge in [-0.05, 0) is 18.2 Å². The van der Waals surface area contributed by atoms with Gasteiger partial charge < -0.3 is 10.7 Å². The Morgan fingerprint density at radius 1 is 1.31 bits per heavy atom. The summed E-state index contributed by atoms with van der Waals surface area (Å²) < 4.78 is 12.8. The summed E-state index contributed by atoms with van der Waals surface area (Å²) >= 11 is 0. The van der Waals surface area contributed by atoms with Crippen LogP contribution in [0.25, 0.3) is 10.9 Å². The fourth-order valence-corrected chi connectivity index (χ4v) is 1.19. The van der Waals surface area contributed by atoms with Crippen LogP contribution in [0.4, 0.5) is 10.1 Å². The van der Waals surface area contributed by atoms with Gasteiger partial charge in [0.1, 0.15) is 0 Å². The fourth-order valence-electron chi connectivity index (χ4n) is 1.19. The lowest BCUT2D eigenvalue weighted by atomic mass is 10.2. The van der Waals surface area contributed by atoms with E-state index >= 15 is 0 Å². The normalized spacial score (nSPS) is 10.5. The predicted molar refractivity (Wildman–Crippen MR) is 48.9 cm³/mol. The number of H-pyrrole nitrogens is 1. The zero-order valence-electron chi connectivity index (χ0n) is 6.67. The molecule has 3 nitrogen and oxygen atoms in total. The van der Waals surface area contributed by atoms with Crippen LogP contribution in [-0.4, -0.2) is 4.98 Å². The SMILES string of the molecule is Nc1ccc2cc(F)c(=O)[nH]c2c1. The smallest absolute Gasteiger partial charge is 0.284 e. The molecule has 4 heteroatoms. The monoisotopic (exact) mass is 178 g/mol.